The van der Waals surface area contributed by atoms with Crippen LogP contribution >= 0.6 is 0 Å². The number of halogens is 1. The summed E-state index contributed by atoms with van der Waals surface area (Å²) in [4.78, 5) is 17.1. The van der Waals surface area contributed by atoms with Crippen molar-refractivity contribution in [2.75, 3.05) is 6.54 Å². The Kier molecular flexibility index (Phi) is 5.61. The lowest BCUT2D eigenvalue weighted by Gasteiger charge is -2.23. The summed E-state index contributed by atoms with van der Waals surface area (Å²) in [6, 6.07) is 7.38. The van der Waals surface area contributed by atoms with Crippen molar-refractivity contribution in [3.63, 3.8) is 0 Å². The predicted molar refractivity (Wildman–Crippen MR) is 112 cm³/mol. The lowest BCUT2D eigenvalue weighted by molar-refractivity contribution is -0.124. The van der Waals surface area contributed by atoms with Crippen molar-refractivity contribution in [3.05, 3.63) is 59.7 Å². The summed E-state index contributed by atoms with van der Waals surface area (Å²) in [6.07, 6.45) is 1.01. The topological polar surface area (TPSA) is 92.0 Å². The van der Waals surface area contributed by atoms with Gasteiger partial charge in [0.25, 0.3) is 0 Å². The molecular formula is C20H21BFN3O4S. The maximum absolute atomic E-state index is 13.1. The summed E-state index contributed by atoms with van der Waals surface area (Å²) in [5.74, 6) is 2.27. The summed E-state index contributed by atoms with van der Waals surface area (Å²) in [5.41, 5.74) is 1.79. The predicted octanol–water partition coefficient (Wildman–Crippen LogP) is 2.06. The van der Waals surface area contributed by atoms with E-state index in [4.69, 9.17) is 4.42 Å². The maximum atomic E-state index is 13.1. The van der Waals surface area contributed by atoms with Crippen molar-refractivity contribution in [1.82, 2.24) is 9.62 Å². The highest BCUT2D eigenvalue weighted by atomic mass is 32.2. The van der Waals surface area contributed by atoms with Crippen molar-refractivity contribution in [3.8, 4) is 0 Å². The Morgan fingerprint density at radius 2 is 2.07 bits per heavy atom. The summed E-state index contributed by atoms with van der Waals surface area (Å²) < 4.78 is 45.9. The van der Waals surface area contributed by atoms with E-state index < -0.39 is 21.9 Å². The van der Waals surface area contributed by atoms with Gasteiger partial charge in [-0.3, -0.25) is 9.79 Å². The molecule has 1 unspecified atom stereocenters. The first-order valence-corrected chi connectivity index (χ1v) is 11.2. The van der Waals surface area contributed by atoms with Gasteiger partial charge in [-0.1, -0.05) is 5.98 Å². The molecule has 1 aromatic carbocycles. The molecule has 0 aliphatic carbocycles. The minimum absolute atomic E-state index is 0.0278. The molecule has 2 aliphatic heterocycles. The molecule has 7 nitrogen and oxygen atoms in total. The van der Waals surface area contributed by atoms with Crippen LogP contribution in [0.5, 0.6) is 0 Å². The molecule has 2 aliphatic rings. The largest absolute Gasteiger partial charge is 0.458 e. The van der Waals surface area contributed by atoms with E-state index in [2.05, 4.69) is 10.3 Å². The second kappa shape index (κ2) is 8.19. The van der Waals surface area contributed by atoms with Gasteiger partial charge in [0.2, 0.25) is 23.2 Å². The zero-order valence-corrected chi connectivity index (χ0v) is 17.3. The molecule has 156 valence electrons. The molecule has 0 spiro atoms. The first kappa shape index (κ1) is 20.6. The first-order chi connectivity index (χ1) is 14.3. The molecule has 1 aromatic heterocycles. The minimum Gasteiger partial charge on any atom is -0.458 e. The van der Waals surface area contributed by atoms with Crippen molar-refractivity contribution in [2.24, 2.45) is 4.99 Å². The quantitative estimate of drug-likeness (QED) is 0.712. The lowest BCUT2D eigenvalue weighted by atomic mass is 9.75. The van der Waals surface area contributed by atoms with Crippen molar-refractivity contribution >= 4 is 34.5 Å². The Hall–Kier alpha value is -2.72. The summed E-state index contributed by atoms with van der Waals surface area (Å²) in [6.45, 7) is 2.34. The van der Waals surface area contributed by atoms with Gasteiger partial charge < -0.3 is 9.73 Å². The van der Waals surface area contributed by atoms with Crippen LogP contribution < -0.4 is 5.32 Å². The number of amides is 1. The number of carbonyl (C=O) groups is 1. The third kappa shape index (κ3) is 4.10. The molecule has 1 amide bonds. The van der Waals surface area contributed by atoms with Crippen molar-refractivity contribution in [1.29, 1.82) is 0 Å². The molecule has 30 heavy (non-hydrogen) atoms. The Labute approximate surface area is 175 Å². The zero-order chi connectivity index (χ0) is 21.3. The van der Waals surface area contributed by atoms with Gasteiger partial charge >= 0.3 is 0 Å². The first-order valence-electron chi connectivity index (χ1n) is 9.73. The van der Waals surface area contributed by atoms with E-state index in [1.165, 1.54) is 16.4 Å². The van der Waals surface area contributed by atoms with E-state index in [-0.39, 0.29) is 23.9 Å². The molecule has 1 fully saturated rings. The molecule has 0 bridgehead atoms. The van der Waals surface area contributed by atoms with Crippen LogP contribution in [0.3, 0.4) is 0 Å². The number of aliphatic imine (C=N–C) groups is 1. The number of hydrogen-bond acceptors (Lipinski definition) is 5. The Morgan fingerprint density at radius 3 is 2.77 bits per heavy atom. The lowest BCUT2D eigenvalue weighted by Crippen LogP contribution is -2.45. The second-order valence-corrected chi connectivity index (χ2v) is 9.24. The highest BCUT2D eigenvalue weighted by Crippen LogP contribution is 2.27. The van der Waals surface area contributed by atoms with E-state index in [0.717, 1.165) is 30.7 Å². The number of hydrogen-bond donors (Lipinski definition) is 1. The molecule has 0 saturated carbocycles. The zero-order valence-electron chi connectivity index (χ0n) is 16.5. The fourth-order valence-electron chi connectivity index (χ4n) is 3.63. The van der Waals surface area contributed by atoms with Crippen molar-refractivity contribution < 1.29 is 22.0 Å². The number of rotatable bonds is 6. The van der Waals surface area contributed by atoms with Gasteiger partial charge in [-0.2, -0.15) is 4.31 Å². The van der Waals surface area contributed by atoms with Gasteiger partial charge in [-0.05, 0) is 61.8 Å². The number of nitrogens with one attached hydrogen (secondary N) is 1. The average molecular weight is 429 g/mol. The third-order valence-corrected chi connectivity index (χ3v) is 7.10. The van der Waals surface area contributed by atoms with Crippen LogP contribution in [0.2, 0.25) is 0 Å². The summed E-state index contributed by atoms with van der Waals surface area (Å²) in [7, 11) is -3.09. The molecule has 4 rings (SSSR count). The van der Waals surface area contributed by atoms with Crippen LogP contribution in [0, 0.1) is 5.82 Å². The molecule has 1 atom stereocenters. The van der Waals surface area contributed by atoms with E-state index in [1.54, 1.807) is 12.1 Å². The fourth-order valence-corrected chi connectivity index (χ4v) is 5.29. The van der Waals surface area contributed by atoms with Gasteiger partial charge in [0.05, 0.1) is 17.1 Å². The van der Waals surface area contributed by atoms with Crippen LogP contribution in [0.25, 0.3) is 5.70 Å². The van der Waals surface area contributed by atoms with E-state index in [1.807, 2.05) is 12.9 Å². The molecular weight excluding hydrogens is 408 g/mol. The Bertz CT molecular complexity index is 1130. The van der Waals surface area contributed by atoms with Crippen LogP contribution in [-0.2, 0) is 21.4 Å². The standard InChI is InChI=1S/C20H21BFN3O4S/c1-13-21-11-17(24-13)19-9-6-15(29-19)12-23-20(26)18-3-2-10-25(18)30(27,28)16-7-4-14(22)5-8-16/h4-9,11,18,21H,2-3,10,12H2,1H3,(H,23,26). The van der Waals surface area contributed by atoms with Gasteiger partial charge in [-0.25, -0.2) is 12.8 Å². The Balaban J connectivity index is 1.42. The molecule has 0 radical (unpaired) electrons. The molecule has 1 saturated heterocycles. The third-order valence-electron chi connectivity index (χ3n) is 5.18. The van der Waals surface area contributed by atoms with E-state index in [0.29, 0.717) is 24.4 Å². The van der Waals surface area contributed by atoms with Gasteiger partial charge in [0, 0.05) is 6.54 Å². The van der Waals surface area contributed by atoms with Crippen LogP contribution in [0.15, 0.2) is 56.7 Å². The molecule has 2 aromatic rings. The molecule has 1 N–H and O–H groups in total. The number of furan rings is 1. The number of carbonyl (C=O) groups excluding carboxylic acids is 1. The van der Waals surface area contributed by atoms with Crippen LogP contribution in [-0.4, -0.2) is 44.1 Å². The monoisotopic (exact) mass is 429 g/mol. The van der Waals surface area contributed by atoms with E-state index in [9.17, 15) is 17.6 Å². The number of benzene rings is 1. The summed E-state index contributed by atoms with van der Waals surface area (Å²) in [5, 5.41) is 2.76. The molecule has 3 heterocycles. The van der Waals surface area contributed by atoms with Crippen LogP contribution in [0.1, 0.15) is 31.3 Å². The Morgan fingerprint density at radius 1 is 1.30 bits per heavy atom. The average Bonchev–Trinajstić information content (AvgIpc) is 3.47. The highest BCUT2D eigenvalue weighted by Gasteiger charge is 2.39. The summed E-state index contributed by atoms with van der Waals surface area (Å²) >= 11 is 0. The SMILES string of the molecule is CC1=NC(c2ccc(CNC(=O)C3CCCN3S(=O)(=O)c3ccc(F)cc3)o2)=CB1. The maximum Gasteiger partial charge on any atom is 0.243 e. The number of nitrogens with zero attached hydrogens (tertiary/aromatic N) is 2. The van der Waals surface area contributed by atoms with Gasteiger partial charge in [-0.15, -0.1) is 0 Å². The number of sulfonamides is 1. The van der Waals surface area contributed by atoms with Crippen LogP contribution in [0.4, 0.5) is 4.39 Å². The van der Waals surface area contributed by atoms with Crippen molar-refractivity contribution in [2.45, 2.75) is 37.2 Å². The normalized spacial score (nSPS) is 19.3. The smallest absolute Gasteiger partial charge is 0.243 e. The second-order valence-electron chi connectivity index (χ2n) is 7.35. The van der Waals surface area contributed by atoms with Gasteiger partial charge in [0.1, 0.15) is 17.6 Å². The fraction of sp³-hybridized carbons (Fsp3) is 0.300. The van der Waals surface area contributed by atoms with Gasteiger partial charge in [0.15, 0.2) is 5.76 Å². The highest BCUT2D eigenvalue weighted by molar-refractivity contribution is 7.89. The van der Waals surface area contributed by atoms with E-state index >= 15 is 0 Å². The minimum atomic E-state index is -3.88. The molecule has 10 heteroatoms.